The van der Waals surface area contributed by atoms with Crippen LogP contribution in [-0.4, -0.2) is 39.3 Å². The molecule has 1 unspecified atom stereocenters. The second-order valence-electron chi connectivity index (χ2n) is 6.91. The third-order valence-corrected chi connectivity index (χ3v) is 4.77. The van der Waals surface area contributed by atoms with E-state index in [0.717, 1.165) is 17.0 Å². The van der Waals surface area contributed by atoms with Gasteiger partial charge in [-0.2, -0.15) is 5.10 Å². The first kappa shape index (κ1) is 21.5. The molecule has 1 N–H and O–H groups in total. The van der Waals surface area contributed by atoms with E-state index in [0.29, 0.717) is 18.8 Å². The summed E-state index contributed by atoms with van der Waals surface area (Å²) in [4.78, 5) is 29.1. The quantitative estimate of drug-likeness (QED) is 0.585. The molecule has 3 rings (SSSR count). The fraction of sp³-hybridized carbons (Fsp3) is 0.273. The molecule has 0 aliphatic carbocycles. The van der Waals surface area contributed by atoms with E-state index in [1.807, 2.05) is 50.2 Å². The van der Waals surface area contributed by atoms with Crippen molar-refractivity contribution in [1.29, 1.82) is 0 Å². The van der Waals surface area contributed by atoms with Crippen LogP contribution in [0.1, 0.15) is 34.4 Å². The van der Waals surface area contributed by atoms with Crippen molar-refractivity contribution in [2.75, 3.05) is 6.54 Å². The first-order valence-electron chi connectivity index (χ1n) is 9.58. The number of halogens is 1. The second kappa shape index (κ2) is 9.54. The summed E-state index contributed by atoms with van der Waals surface area (Å²) >= 11 is 6.14. The molecule has 2 heterocycles. The Morgan fingerprint density at radius 3 is 2.57 bits per heavy atom. The summed E-state index contributed by atoms with van der Waals surface area (Å²) in [7, 11) is 0. The molecule has 0 saturated carbocycles. The molecule has 156 valence electrons. The number of ether oxygens (including phenoxy) is 1. The van der Waals surface area contributed by atoms with Crippen LogP contribution in [0.3, 0.4) is 0 Å². The van der Waals surface area contributed by atoms with Crippen molar-refractivity contribution in [3.8, 4) is 5.82 Å². The molecule has 2 aromatic heterocycles. The SMILES string of the molecule is Cc1cc(C)n(-c2ccc(Cl)c(C(=O)OC(C)C(=O)NCCc3ccccc3)n2)n1. The van der Waals surface area contributed by atoms with Crippen molar-refractivity contribution in [2.24, 2.45) is 0 Å². The zero-order valence-corrected chi connectivity index (χ0v) is 17.8. The third kappa shape index (κ3) is 5.24. The molecule has 0 spiro atoms. The number of aromatic nitrogens is 3. The van der Waals surface area contributed by atoms with Crippen LogP contribution in [0, 0.1) is 13.8 Å². The third-order valence-electron chi connectivity index (χ3n) is 4.46. The van der Waals surface area contributed by atoms with E-state index in [9.17, 15) is 9.59 Å². The smallest absolute Gasteiger partial charge is 0.359 e. The lowest BCUT2D eigenvalue weighted by molar-refractivity contribution is -0.129. The van der Waals surface area contributed by atoms with E-state index in [1.54, 1.807) is 16.8 Å². The first-order chi connectivity index (χ1) is 14.3. The molecule has 8 heteroatoms. The van der Waals surface area contributed by atoms with Crippen LogP contribution in [0.5, 0.6) is 0 Å². The highest BCUT2D eigenvalue weighted by Crippen LogP contribution is 2.19. The number of hydrogen-bond donors (Lipinski definition) is 1. The Bertz CT molecular complexity index is 1050. The van der Waals surface area contributed by atoms with Gasteiger partial charge in [0.1, 0.15) is 0 Å². The van der Waals surface area contributed by atoms with Gasteiger partial charge in [-0.15, -0.1) is 0 Å². The van der Waals surface area contributed by atoms with Gasteiger partial charge in [0.25, 0.3) is 5.91 Å². The lowest BCUT2D eigenvalue weighted by Crippen LogP contribution is -2.37. The molecule has 1 atom stereocenters. The number of rotatable bonds is 7. The first-order valence-corrected chi connectivity index (χ1v) is 9.95. The molecule has 30 heavy (non-hydrogen) atoms. The minimum Gasteiger partial charge on any atom is -0.448 e. The Labute approximate surface area is 180 Å². The fourth-order valence-electron chi connectivity index (χ4n) is 2.94. The number of amides is 1. The van der Waals surface area contributed by atoms with E-state index in [1.165, 1.54) is 6.92 Å². The maximum Gasteiger partial charge on any atom is 0.359 e. The second-order valence-corrected chi connectivity index (χ2v) is 7.32. The standard InChI is InChI=1S/C22H23ClN4O3/c1-14-13-15(2)27(26-14)19-10-9-18(23)20(25-19)22(29)30-16(3)21(28)24-12-11-17-7-5-4-6-8-17/h4-10,13,16H,11-12H2,1-3H3,(H,24,28). The summed E-state index contributed by atoms with van der Waals surface area (Å²) in [6, 6.07) is 14.9. The van der Waals surface area contributed by atoms with E-state index in [4.69, 9.17) is 16.3 Å². The van der Waals surface area contributed by atoms with E-state index >= 15 is 0 Å². The lowest BCUT2D eigenvalue weighted by atomic mass is 10.1. The highest BCUT2D eigenvalue weighted by Gasteiger charge is 2.22. The van der Waals surface area contributed by atoms with Gasteiger partial charge in [0.15, 0.2) is 17.6 Å². The topological polar surface area (TPSA) is 86.1 Å². The Kier molecular flexibility index (Phi) is 6.84. The van der Waals surface area contributed by atoms with E-state index < -0.39 is 12.1 Å². The number of esters is 1. The van der Waals surface area contributed by atoms with Gasteiger partial charge in [-0.1, -0.05) is 41.9 Å². The van der Waals surface area contributed by atoms with Crippen molar-refractivity contribution in [3.05, 3.63) is 76.2 Å². The summed E-state index contributed by atoms with van der Waals surface area (Å²) < 4.78 is 6.89. The molecule has 1 aromatic carbocycles. The Balaban J connectivity index is 1.62. The summed E-state index contributed by atoms with van der Waals surface area (Å²) in [5, 5.41) is 7.26. The average molecular weight is 427 g/mol. The normalized spacial score (nSPS) is 11.7. The molecular formula is C22H23ClN4O3. The van der Waals surface area contributed by atoms with Gasteiger partial charge in [0.05, 0.1) is 10.7 Å². The average Bonchev–Trinajstić information content (AvgIpc) is 3.07. The number of nitrogens with one attached hydrogen (secondary N) is 1. The van der Waals surface area contributed by atoms with Crippen LogP contribution >= 0.6 is 11.6 Å². The number of nitrogens with zero attached hydrogens (tertiary/aromatic N) is 3. The zero-order chi connectivity index (χ0) is 21.7. The van der Waals surface area contributed by atoms with Crippen LogP contribution in [0.15, 0.2) is 48.5 Å². The minimum absolute atomic E-state index is 0.0642. The molecule has 0 radical (unpaired) electrons. The lowest BCUT2D eigenvalue weighted by Gasteiger charge is -2.14. The molecule has 0 aliphatic heterocycles. The maximum absolute atomic E-state index is 12.6. The van der Waals surface area contributed by atoms with Crippen LogP contribution in [-0.2, 0) is 16.0 Å². The molecule has 7 nitrogen and oxygen atoms in total. The van der Waals surface area contributed by atoms with E-state index in [2.05, 4.69) is 15.4 Å². The van der Waals surface area contributed by atoms with Gasteiger partial charge >= 0.3 is 5.97 Å². The maximum atomic E-state index is 12.6. The number of carbonyl (C=O) groups is 2. The summed E-state index contributed by atoms with van der Waals surface area (Å²) in [6.45, 7) is 5.70. The monoisotopic (exact) mass is 426 g/mol. The molecule has 1 amide bonds. The Hall–Kier alpha value is -3.19. The predicted octanol–water partition coefficient (Wildman–Crippen LogP) is 3.44. The Morgan fingerprint density at radius 1 is 1.17 bits per heavy atom. The summed E-state index contributed by atoms with van der Waals surface area (Å²) in [5.74, 6) is -0.712. The van der Waals surface area contributed by atoms with Crippen molar-refractivity contribution < 1.29 is 14.3 Å². The van der Waals surface area contributed by atoms with Crippen molar-refractivity contribution in [2.45, 2.75) is 33.3 Å². The van der Waals surface area contributed by atoms with Crippen LogP contribution in [0.2, 0.25) is 5.02 Å². The number of hydrogen-bond acceptors (Lipinski definition) is 5. The van der Waals surface area contributed by atoms with Gasteiger partial charge in [0, 0.05) is 12.2 Å². The molecule has 0 aliphatic rings. The number of benzene rings is 1. The minimum atomic E-state index is -0.983. The molecule has 0 saturated heterocycles. The Morgan fingerprint density at radius 2 is 1.90 bits per heavy atom. The molecule has 0 bridgehead atoms. The van der Waals surface area contributed by atoms with Gasteiger partial charge in [0.2, 0.25) is 0 Å². The van der Waals surface area contributed by atoms with Crippen LogP contribution < -0.4 is 5.32 Å². The summed E-state index contributed by atoms with van der Waals surface area (Å²) in [5.41, 5.74) is 2.74. The van der Waals surface area contributed by atoms with Crippen LogP contribution in [0.25, 0.3) is 5.82 Å². The zero-order valence-electron chi connectivity index (χ0n) is 17.1. The highest BCUT2D eigenvalue weighted by atomic mass is 35.5. The summed E-state index contributed by atoms with van der Waals surface area (Å²) in [6.07, 6.45) is -0.297. The highest BCUT2D eigenvalue weighted by molar-refractivity contribution is 6.33. The van der Waals surface area contributed by atoms with Crippen molar-refractivity contribution in [1.82, 2.24) is 20.1 Å². The van der Waals surface area contributed by atoms with Crippen molar-refractivity contribution >= 4 is 23.5 Å². The van der Waals surface area contributed by atoms with E-state index in [-0.39, 0.29) is 16.6 Å². The molecular weight excluding hydrogens is 404 g/mol. The number of aryl methyl sites for hydroxylation is 2. The van der Waals surface area contributed by atoms with Gasteiger partial charge in [-0.3, -0.25) is 4.79 Å². The molecule has 3 aromatic rings. The van der Waals surface area contributed by atoms with Crippen LogP contribution in [0.4, 0.5) is 0 Å². The van der Waals surface area contributed by atoms with Gasteiger partial charge in [-0.05, 0) is 51.0 Å². The largest absolute Gasteiger partial charge is 0.448 e. The predicted molar refractivity (Wildman–Crippen MR) is 114 cm³/mol. The van der Waals surface area contributed by atoms with Gasteiger partial charge < -0.3 is 10.1 Å². The number of pyridine rings is 1. The van der Waals surface area contributed by atoms with Gasteiger partial charge in [-0.25, -0.2) is 14.5 Å². The molecule has 0 fully saturated rings. The van der Waals surface area contributed by atoms with Crippen molar-refractivity contribution in [3.63, 3.8) is 0 Å². The fourth-order valence-corrected chi connectivity index (χ4v) is 3.12. The number of carbonyl (C=O) groups excluding carboxylic acids is 2.